The Labute approximate surface area is 162 Å². The van der Waals surface area contributed by atoms with Crippen molar-refractivity contribution in [3.63, 3.8) is 0 Å². The number of ether oxygens (including phenoxy) is 1. The third-order valence-corrected chi connectivity index (χ3v) is 3.77. The van der Waals surface area contributed by atoms with Crippen molar-refractivity contribution < 1.29 is 13.9 Å². The maximum absolute atomic E-state index is 13.7. The molecule has 7 heteroatoms. The first-order chi connectivity index (χ1) is 12.8. The van der Waals surface area contributed by atoms with Gasteiger partial charge in [0.1, 0.15) is 6.10 Å². The van der Waals surface area contributed by atoms with E-state index in [0.717, 1.165) is 0 Å². The van der Waals surface area contributed by atoms with Gasteiger partial charge >= 0.3 is 0 Å². The monoisotopic (exact) mass is 380 g/mol. The number of carbonyl (C=O) groups is 1. The van der Waals surface area contributed by atoms with Gasteiger partial charge in [0.05, 0.1) is 6.54 Å². The zero-order chi connectivity index (χ0) is 20.3. The highest BCUT2D eigenvalue weighted by Crippen LogP contribution is 2.18. The Bertz CT molecular complexity index is 614. The second-order valence-electron chi connectivity index (χ2n) is 7.23. The number of halogens is 1. The SMILES string of the molecule is CCNC(=NCC(CC)Oc1ccccc1F)NCCNC(=O)C(C)(C)C. The quantitative estimate of drug-likeness (QED) is 0.350. The van der Waals surface area contributed by atoms with Gasteiger partial charge in [0.2, 0.25) is 5.91 Å². The molecule has 1 atom stereocenters. The van der Waals surface area contributed by atoms with Crippen LogP contribution in [0.4, 0.5) is 4.39 Å². The van der Waals surface area contributed by atoms with Crippen molar-refractivity contribution in [2.75, 3.05) is 26.2 Å². The highest BCUT2D eigenvalue weighted by atomic mass is 19.1. The molecular weight excluding hydrogens is 347 g/mol. The third-order valence-electron chi connectivity index (χ3n) is 3.77. The van der Waals surface area contributed by atoms with Crippen LogP contribution < -0.4 is 20.7 Å². The summed E-state index contributed by atoms with van der Waals surface area (Å²) in [5, 5.41) is 9.21. The topological polar surface area (TPSA) is 74.8 Å². The van der Waals surface area contributed by atoms with Gasteiger partial charge in [-0.15, -0.1) is 0 Å². The Balaban J connectivity index is 2.53. The minimum absolute atomic E-state index is 0.00979. The van der Waals surface area contributed by atoms with Crippen LogP contribution in [0.25, 0.3) is 0 Å². The van der Waals surface area contributed by atoms with Gasteiger partial charge in [-0.1, -0.05) is 39.8 Å². The van der Waals surface area contributed by atoms with E-state index in [9.17, 15) is 9.18 Å². The molecule has 1 amide bonds. The third kappa shape index (κ3) is 8.75. The van der Waals surface area contributed by atoms with Gasteiger partial charge in [0, 0.05) is 25.0 Å². The first kappa shape index (κ1) is 22.7. The second kappa shape index (κ2) is 11.4. The summed E-state index contributed by atoms with van der Waals surface area (Å²) in [6.07, 6.45) is 0.483. The van der Waals surface area contributed by atoms with E-state index in [0.29, 0.717) is 38.6 Å². The van der Waals surface area contributed by atoms with Gasteiger partial charge in [-0.3, -0.25) is 4.79 Å². The van der Waals surface area contributed by atoms with Gasteiger partial charge < -0.3 is 20.7 Å². The van der Waals surface area contributed by atoms with Gasteiger partial charge in [-0.25, -0.2) is 9.38 Å². The fourth-order valence-corrected chi connectivity index (χ4v) is 2.13. The molecule has 0 fully saturated rings. The average Bonchev–Trinajstić information content (AvgIpc) is 2.62. The molecule has 0 aliphatic heterocycles. The molecule has 0 aliphatic carbocycles. The molecule has 0 saturated carbocycles. The highest BCUT2D eigenvalue weighted by Gasteiger charge is 2.20. The predicted octanol–water partition coefficient (Wildman–Crippen LogP) is 2.70. The van der Waals surface area contributed by atoms with Crippen LogP contribution in [0.5, 0.6) is 5.75 Å². The van der Waals surface area contributed by atoms with Crippen LogP contribution >= 0.6 is 0 Å². The summed E-state index contributed by atoms with van der Waals surface area (Å²) in [6, 6.07) is 6.37. The number of nitrogens with one attached hydrogen (secondary N) is 3. The Morgan fingerprint density at radius 3 is 2.41 bits per heavy atom. The molecule has 0 heterocycles. The van der Waals surface area contributed by atoms with Crippen LogP contribution in [-0.4, -0.2) is 44.1 Å². The number of para-hydroxylation sites is 1. The Hall–Kier alpha value is -2.31. The lowest BCUT2D eigenvalue weighted by atomic mass is 9.96. The Morgan fingerprint density at radius 1 is 1.15 bits per heavy atom. The van der Waals surface area contributed by atoms with Gasteiger partial charge in [-0.05, 0) is 25.5 Å². The zero-order valence-electron chi connectivity index (χ0n) is 17.1. The summed E-state index contributed by atoms with van der Waals surface area (Å²) in [4.78, 5) is 16.4. The fraction of sp³-hybridized carbons (Fsp3) is 0.600. The summed E-state index contributed by atoms with van der Waals surface area (Å²) in [7, 11) is 0. The summed E-state index contributed by atoms with van der Waals surface area (Å²) in [6.45, 7) is 11.8. The molecule has 152 valence electrons. The maximum Gasteiger partial charge on any atom is 0.225 e. The largest absolute Gasteiger partial charge is 0.485 e. The van der Waals surface area contributed by atoms with Crippen LogP contribution in [-0.2, 0) is 4.79 Å². The molecular formula is C20H33FN4O2. The van der Waals surface area contributed by atoms with E-state index in [1.165, 1.54) is 6.07 Å². The lowest BCUT2D eigenvalue weighted by Gasteiger charge is -2.19. The van der Waals surface area contributed by atoms with E-state index in [-0.39, 0.29) is 23.6 Å². The zero-order valence-corrected chi connectivity index (χ0v) is 17.1. The molecule has 6 nitrogen and oxygen atoms in total. The summed E-state index contributed by atoms with van der Waals surface area (Å²) >= 11 is 0. The Kier molecular flexibility index (Phi) is 9.61. The summed E-state index contributed by atoms with van der Waals surface area (Å²) < 4.78 is 19.5. The van der Waals surface area contributed by atoms with Crippen molar-refractivity contribution in [3.8, 4) is 5.75 Å². The van der Waals surface area contributed by atoms with E-state index in [1.54, 1.807) is 18.2 Å². The van der Waals surface area contributed by atoms with Gasteiger partial charge in [0.25, 0.3) is 0 Å². The van der Waals surface area contributed by atoms with E-state index in [4.69, 9.17) is 4.74 Å². The molecule has 1 aromatic carbocycles. The normalized spacial score (nSPS) is 13.0. The number of benzene rings is 1. The van der Waals surface area contributed by atoms with Crippen LogP contribution in [0.3, 0.4) is 0 Å². The standard InChI is InChI=1S/C20H33FN4O2/c1-6-15(27-17-11-9-8-10-16(17)21)14-25-19(22-7-2)24-13-12-23-18(26)20(3,4)5/h8-11,15H,6-7,12-14H2,1-5H3,(H,23,26)(H2,22,24,25). The van der Waals surface area contributed by atoms with Crippen molar-refractivity contribution in [1.29, 1.82) is 0 Å². The van der Waals surface area contributed by atoms with E-state index >= 15 is 0 Å². The predicted molar refractivity (Wildman–Crippen MR) is 108 cm³/mol. The number of hydrogen-bond acceptors (Lipinski definition) is 3. The second-order valence-corrected chi connectivity index (χ2v) is 7.23. The molecule has 0 saturated heterocycles. The average molecular weight is 381 g/mol. The van der Waals surface area contributed by atoms with Gasteiger partial charge in [-0.2, -0.15) is 0 Å². The smallest absolute Gasteiger partial charge is 0.225 e. The molecule has 1 aromatic rings. The molecule has 3 N–H and O–H groups in total. The lowest BCUT2D eigenvalue weighted by molar-refractivity contribution is -0.128. The molecule has 27 heavy (non-hydrogen) atoms. The molecule has 1 rings (SSSR count). The molecule has 0 aliphatic rings. The first-order valence-corrected chi connectivity index (χ1v) is 9.49. The van der Waals surface area contributed by atoms with E-state index < -0.39 is 5.41 Å². The number of hydrogen-bond donors (Lipinski definition) is 3. The number of nitrogens with zero attached hydrogens (tertiary/aromatic N) is 1. The minimum atomic E-state index is -0.406. The lowest BCUT2D eigenvalue weighted by Crippen LogP contribution is -2.43. The number of aliphatic imine (C=N–C) groups is 1. The molecule has 0 aromatic heterocycles. The van der Waals surface area contributed by atoms with Crippen molar-refractivity contribution >= 4 is 11.9 Å². The van der Waals surface area contributed by atoms with Crippen LogP contribution in [0, 0.1) is 11.2 Å². The minimum Gasteiger partial charge on any atom is -0.485 e. The molecule has 0 spiro atoms. The number of carbonyl (C=O) groups excluding carboxylic acids is 1. The van der Waals surface area contributed by atoms with Crippen molar-refractivity contribution in [2.24, 2.45) is 10.4 Å². The molecule has 1 unspecified atom stereocenters. The first-order valence-electron chi connectivity index (χ1n) is 9.49. The fourth-order valence-electron chi connectivity index (χ4n) is 2.13. The summed E-state index contributed by atoms with van der Waals surface area (Å²) in [5.74, 6) is 0.510. The number of amides is 1. The van der Waals surface area contributed by atoms with Crippen LogP contribution in [0.1, 0.15) is 41.0 Å². The van der Waals surface area contributed by atoms with Gasteiger partial charge in [0.15, 0.2) is 17.5 Å². The highest BCUT2D eigenvalue weighted by molar-refractivity contribution is 5.81. The van der Waals surface area contributed by atoms with Crippen LogP contribution in [0.15, 0.2) is 29.3 Å². The van der Waals surface area contributed by atoms with Crippen molar-refractivity contribution in [2.45, 2.75) is 47.1 Å². The summed E-state index contributed by atoms with van der Waals surface area (Å²) in [5.41, 5.74) is -0.406. The number of guanidine groups is 1. The molecule has 0 bridgehead atoms. The Morgan fingerprint density at radius 2 is 1.81 bits per heavy atom. The van der Waals surface area contributed by atoms with E-state index in [1.807, 2.05) is 34.6 Å². The number of rotatable bonds is 9. The van der Waals surface area contributed by atoms with Crippen molar-refractivity contribution in [1.82, 2.24) is 16.0 Å². The van der Waals surface area contributed by atoms with Crippen molar-refractivity contribution in [3.05, 3.63) is 30.1 Å². The molecule has 0 radical (unpaired) electrons. The van der Waals surface area contributed by atoms with E-state index in [2.05, 4.69) is 20.9 Å². The van der Waals surface area contributed by atoms with Crippen LogP contribution in [0.2, 0.25) is 0 Å². The maximum atomic E-state index is 13.7.